The lowest BCUT2D eigenvalue weighted by atomic mass is 9.74. The van der Waals surface area contributed by atoms with E-state index >= 15 is 0 Å². The number of carbonyl (C=O) groups is 1. The monoisotopic (exact) mass is 192 g/mol. The van der Waals surface area contributed by atoms with Crippen molar-refractivity contribution in [1.29, 1.82) is 0 Å². The molecule has 76 valence electrons. The molecule has 1 heterocycles. The Bertz CT molecular complexity index is 320. The van der Waals surface area contributed by atoms with E-state index in [-0.39, 0.29) is 17.5 Å². The van der Waals surface area contributed by atoms with Gasteiger partial charge in [-0.15, -0.1) is 0 Å². The Morgan fingerprint density at radius 2 is 2.21 bits per heavy atom. The SMILES string of the molecule is CCC1(C)OC(=O)C2C1[C@@H]1C=C[C@H]2C1. The van der Waals surface area contributed by atoms with Crippen LogP contribution >= 0.6 is 0 Å². The van der Waals surface area contributed by atoms with Gasteiger partial charge in [-0.25, -0.2) is 0 Å². The van der Waals surface area contributed by atoms with Crippen LogP contribution in [0.3, 0.4) is 0 Å². The quantitative estimate of drug-likeness (QED) is 0.470. The maximum absolute atomic E-state index is 11.8. The van der Waals surface area contributed by atoms with Crippen LogP contribution in [0.5, 0.6) is 0 Å². The van der Waals surface area contributed by atoms with Gasteiger partial charge in [0.1, 0.15) is 5.60 Å². The summed E-state index contributed by atoms with van der Waals surface area (Å²) < 4.78 is 5.57. The Morgan fingerprint density at radius 1 is 1.50 bits per heavy atom. The lowest BCUT2D eigenvalue weighted by Crippen LogP contribution is -2.35. The Balaban J connectivity index is 2.03. The lowest BCUT2D eigenvalue weighted by molar-refractivity contribution is -0.151. The van der Waals surface area contributed by atoms with Gasteiger partial charge in [-0.3, -0.25) is 4.79 Å². The minimum atomic E-state index is -0.189. The van der Waals surface area contributed by atoms with Gasteiger partial charge in [-0.1, -0.05) is 19.1 Å². The van der Waals surface area contributed by atoms with E-state index in [2.05, 4.69) is 26.0 Å². The van der Waals surface area contributed by atoms with E-state index in [0.29, 0.717) is 17.8 Å². The van der Waals surface area contributed by atoms with Gasteiger partial charge in [0, 0.05) is 5.92 Å². The smallest absolute Gasteiger partial charge is 0.310 e. The third-order valence-corrected chi connectivity index (χ3v) is 4.47. The Labute approximate surface area is 84.3 Å². The fourth-order valence-electron chi connectivity index (χ4n) is 3.65. The highest BCUT2D eigenvalue weighted by Crippen LogP contribution is 2.58. The highest BCUT2D eigenvalue weighted by Gasteiger charge is 2.61. The fourth-order valence-corrected chi connectivity index (χ4v) is 3.65. The van der Waals surface area contributed by atoms with E-state index < -0.39 is 0 Å². The normalized spacial score (nSPS) is 53.7. The summed E-state index contributed by atoms with van der Waals surface area (Å²) in [7, 11) is 0. The van der Waals surface area contributed by atoms with Crippen molar-refractivity contribution in [3.05, 3.63) is 12.2 Å². The molecule has 2 fully saturated rings. The molecule has 2 nitrogen and oxygen atoms in total. The molecule has 0 spiro atoms. The van der Waals surface area contributed by atoms with E-state index in [0.717, 1.165) is 6.42 Å². The first kappa shape index (κ1) is 8.51. The van der Waals surface area contributed by atoms with Crippen molar-refractivity contribution in [1.82, 2.24) is 0 Å². The molecule has 2 bridgehead atoms. The van der Waals surface area contributed by atoms with E-state index in [9.17, 15) is 4.79 Å². The Kier molecular flexibility index (Phi) is 1.47. The van der Waals surface area contributed by atoms with E-state index in [1.54, 1.807) is 0 Å². The van der Waals surface area contributed by atoms with Gasteiger partial charge in [0.15, 0.2) is 0 Å². The Morgan fingerprint density at radius 3 is 2.93 bits per heavy atom. The minimum absolute atomic E-state index is 0.0520. The molecule has 0 radical (unpaired) electrons. The summed E-state index contributed by atoms with van der Waals surface area (Å²) in [5.74, 6) is 1.76. The van der Waals surface area contributed by atoms with Crippen molar-refractivity contribution < 1.29 is 9.53 Å². The number of esters is 1. The van der Waals surface area contributed by atoms with E-state index in [4.69, 9.17) is 4.74 Å². The van der Waals surface area contributed by atoms with Gasteiger partial charge < -0.3 is 4.74 Å². The van der Waals surface area contributed by atoms with Crippen molar-refractivity contribution >= 4 is 5.97 Å². The average Bonchev–Trinajstić information content (AvgIpc) is 2.80. The lowest BCUT2D eigenvalue weighted by Gasteiger charge is -2.31. The van der Waals surface area contributed by atoms with Crippen LogP contribution in [-0.2, 0) is 9.53 Å². The average molecular weight is 192 g/mol. The molecule has 14 heavy (non-hydrogen) atoms. The summed E-state index contributed by atoms with van der Waals surface area (Å²) in [4.78, 5) is 11.8. The summed E-state index contributed by atoms with van der Waals surface area (Å²) in [5.41, 5.74) is -0.189. The summed E-state index contributed by atoms with van der Waals surface area (Å²) in [5, 5.41) is 0. The third-order valence-electron chi connectivity index (χ3n) is 4.47. The molecule has 0 aromatic rings. The number of hydrogen-bond acceptors (Lipinski definition) is 2. The number of carbonyl (C=O) groups excluding carboxylic acids is 1. The van der Waals surface area contributed by atoms with Gasteiger partial charge >= 0.3 is 5.97 Å². The van der Waals surface area contributed by atoms with Gasteiger partial charge in [0.05, 0.1) is 5.92 Å². The summed E-state index contributed by atoms with van der Waals surface area (Å²) in [6, 6.07) is 0. The van der Waals surface area contributed by atoms with Crippen LogP contribution in [0.2, 0.25) is 0 Å². The van der Waals surface area contributed by atoms with E-state index in [1.165, 1.54) is 6.42 Å². The molecule has 1 aliphatic heterocycles. The van der Waals surface area contributed by atoms with Crippen LogP contribution in [0, 0.1) is 23.7 Å². The maximum atomic E-state index is 11.8. The van der Waals surface area contributed by atoms with Gasteiger partial charge in [-0.05, 0) is 31.6 Å². The molecule has 3 rings (SSSR count). The molecule has 0 N–H and O–H groups in total. The zero-order chi connectivity index (χ0) is 9.92. The highest BCUT2D eigenvalue weighted by molar-refractivity contribution is 5.78. The number of allylic oxidation sites excluding steroid dienone is 2. The van der Waals surface area contributed by atoms with Crippen LogP contribution in [0.1, 0.15) is 26.7 Å². The third kappa shape index (κ3) is 0.800. The Hall–Kier alpha value is -0.790. The summed E-state index contributed by atoms with van der Waals surface area (Å²) >= 11 is 0. The standard InChI is InChI=1S/C12H16O2/c1-3-12(2)10-8-5-4-7(6-8)9(10)11(13)14-12/h4-5,7-10H,3,6H2,1-2H3/t7-,8+,9?,10?,12?/m0/s1. The predicted octanol–water partition coefficient (Wildman–Crippen LogP) is 2.15. The van der Waals surface area contributed by atoms with Gasteiger partial charge in [0.25, 0.3) is 0 Å². The molecule has 1 saturated carbocycles. The summed E-state index contributed by atoms with van der Waals surface area (Å²) in [6.45, 7) is 4.22. The molecule has 3 aliphatic rings. The summed E-state index contributed by atoms with van der Waals surface area (Å²) in [6.07, 6.45) is 6.63. The molecule has 0 aromatic heterocycles. The molecule has 3 unspecified atom stereocenters. The second kappa shape index (κ2) is 2.41. The number of rotatable bonds is 1. The molecule has 0 amide bonds. The molecule has 0 aromatic carbocycles. The molecule has 5 atom stereocenters. The second-order valence-corrected chi connectivity index (χ2v) is 5.09. The molecule has 2 aliphatic carbocycles. The van der Waals surface area contributed by atoms with Crippen LogP contribution in [0.25, 0.3) is 0 Å². The maximum Gasteiger partial charge on any atom is 0.310 e. The molecular formula is C12H16O2. The van der Waals surface area contributed by atoms with Crippen molar-refractivity contribution in [3.8, 4) is 0 Å². The first-order valence-electron chi connectivity index (χ1n) is 5.57. The van der Waals surface area contributed by atoms with Crippen molar-refractivity contribution in [3.63, 3.8) is 0 Å². The second-order valence-electron chi connectivity index (χ2n) is 5.09. The van der Waals surface area contributed by atoms with Crippen LogP contribution in [0.15, 0.2) is 12.2 Å². The first-order valence-corrected chi connectivity index (χ1v) is 5.57. The topological polar surface area (TPSA) is 26.3 Å². The van der Waals surface area contributed by atoms with Crippen molar-refractivity contribution in [2.75, 3.05) is 0 Å². The number of fused-ring (bicyclic) bond motifs is 5. The van der Waals surface area contributed by atoms with Gasteiger partial charge in [-0.2, -0.15) is 0 Å². The van der Waals surface area contributed by atoms with Crippen LogP contribution in [0.4, 0.5) is 0 Å². The zero-order valence-corrected chi connectivity index (χ0v) is 8.69. The van der Waals surface area contributed by atoms with Gasteiger partial charge in [0.2, 0.25) is 0 Å². The number of ether oxygens (including phenoxy) is 1. The van der Waals surface area contributed by atoms with Crippen LogP contribution in [-0.4, -0.2) is 11.6 Å². The first-order chi connectivity index (χ1) is 6.65. The van der Waals surface area contributed by atoms with Crippen LogP contribution < -0.4 is 0 Å². The molecular weight excluding hydrogens is 176 g/mol. The van der Waals surface area contributed by atoms with Crippen molar-refractivity contribution in [2.24, 2.45) is 23.7 Å². The highest BCUT2D eigenvalue weighted by atomic mass is 16.6. The molecule has 1 saturated heterocycles. The number of cyclic esters (lactones) is 1. The fraction of sp³-hybridized carbons (Fsp3) is 0.750. The number of hydrogen-bond donors (Lipinski definition) is 0. The van der Waals surface area contributed by atoms with Crippen molar-refractivity contribution in [2.45, 2.75) is 32.3 Å². The largest absolute Gasteiger partial charge is 0.459 e. The van der Waals surface area contributed by atoms with E-state index in [1.807, 2.05) is 0 Å². The predicted molar refractivity (Wildman–Crippen MR) is 52.5 cm³/mol. The minimum Gasteiger partial charge on any atom is -0.459 e. The zero-order valence-electron chi connectivity index (χ0n) is 8.69. The molecule has 2 heteroatoms.